The first-order valence-electron chi connectivity index (χ1n) is 9.34. The number of sulfonamides is 1. The summed E-state index contributed by atoms with van der Waals surface area (Å²) in [5.41, 5.74) is 1.20. The van der Waals surface area contributed by atoms with Crippen LogP contribution < -0.4 is 4.72 Å². The van der Waals surface area contributed by atoms with Crippen LogP contribution in [0.5, 0.6) is 0 Å². The fourth-order valence-corrected chi connectivity index (χ4v) is 4.44. The summed E-state index contributed by atoms with van der Waals surface area (Å²) in [6, 6.07) is 9.56. The van der Waals surface area contributed by atoms with Crippen molar-refractivity contribution in [3.8, 4) is 0 Å². The van der Waals surface area contributed by atoms with Crippen LogP contribution in [0.4, 0.5) is 18.9 Å². The van der Waals surface area contributed by atoms with Crippen molar-refractivity contribution in [2.75, 3.05) is 23.8 Å². The second kappa shape index (κ2) is 8.75. The molecule has 2 N–H and O–H groups in total. The SMILES string of the molecule is CS(=O)(=O)Nc1cccc2c(C(CCOS(C)(=O)=O)c3ccc(C(F)(F)F)cc3)c[nH]c12. The lowest BCUT2D eigenvalue weighted by Crippen LogP contribution is -2.11. The molecule has 0 bridgehead atoms. The van der Waals surface area contributed by atoms with E-state index in [1.54, 1.807) is 24.4 Å². The highest BCUT2D eigenvalue weighted by Crippen LogP contribution is 2.37. The summed E-state index contributed by atoms with van der Waals surface area (Å²) in [7, 11) is -7.24. The first-order chi connectivity index (χ1) is 14.7. The van der Waals surface area contributed by atoms with Gasteiger partial charge in [-0.25, -0.2) is 8.42 Å². The smallest absolute Gasteiger partial charge is 0.359 e. The Bertz CT molecular complexity index is 1320. The van der Waals surface area contributed by atoms with Gasteiger partial charge in [0.25, 0.3) is 10.1 Å². The number of aromatic amines is 1. The average Bonchev–Trinajstić information content (AvgIpc) is 3.08. The van der Waals surface area contributed by atoms with Gasteiger partial charge in [0.2, 0.25) is 10.0 Å². The minimum absolute atomic E-state index is 0.162. The van der Waals surface area contributed by atoms with Crippen molar-refractivity contribution >= 4 is 36.7 Å². The predicted molar refractivity (Wildman–Crippen MR) is 115 cm³/mol. The molecule has 1 aromatic heterocycles. The number of para-hydroxylation sites is 1. The predicted octanol–water partition coefficient (Wildman–Crippen LogP) is 4.06. The van der Waals surface area contributed by atoms with E-state index in [1.165, 1.54) is 12.1 Å². The van der Waals surface area contributed by atoms with Crippen LogP contribution in [0.3, 0.4) is 0 Å². The van der Waals surface area contributed by atoms with E-state index in [-0.39, 0.29) is 13.0 Å². The molecular formula is C20H21F3N2O5S2. The van der Waals surface area contributed by atoms with Gasteiger partial charge in [0.1, 0.15) is 0 Å². The van der Waals surface area contributed by atoms with Gasteiger partial charge >= 0.3 is 6.18 Å². The summed E-state index contributed by atoms with van der Waals surface area (Å²) < 4.78 is 92.2. The van der Waals surface area contributed by atoms with Crippen molar-refractivity contribution in [2.45, 2.75) is 18.5 Å². The standard InChI is InChI=1S/C20H21F3N2O5S2/c1-31(26,27)25-18-5-3-4-16-17(12-24-19(16)18)15(10-11-30-32(2,28)29)13-6-8-14(9-7-13)20(21,22)23/h3-9,12,15,24-25H,10-11H2,1-2H3. The summed E-state index contributed by atoms with van der Waals surface area (Å²) in [5, 5.41) is 0.642. The molecule has 0 radical (unpaired) electrons. The van der Waals surface area contributed by atoms with E-state index in [0.717, 1.165) is 24.6 Å². The molecule has 0 aliphatic heterocycles. The number of fused-ring (bicyclic) bond motifs is 1. The zero-order valence-corrected chi connectivity index (χ0v) is 18.7. The van der Waals surface area contributed by atoms with Crippen molar-refractivity contribution in [1.29, 1.82) is 0 Å². The van der Waals surface area contributed by atoms with Gasteiger partial charge in [-0.05, 0) is 35.7 Å². The van der Waals surface area contributed by atoms with Crippen LogP contribution in [-0.2, 0) is 30.5 Å². The molecular weight excluding hydrogens is 469 g/mol. The molecule has 0 fully saturated rings. The summed E-state index contributed by atoms with van der Waals surface area (Å²) in [5.74, 6) is -0.513. The Balaban J connectivity index is 2.05. The van der Waals surface area contributed by atoms with Crippen LogP contribution in [0.2, 0.25) is 0 Å². The molecule has 0 aliphatic carbocycles. The fourth-order valence-electron chi connectivity index (χ4n) is 3.47. The van der Waals surface area contributed by atoms with Crippen LogP contribution in [0.1, 0.15) is 29.0 Å². The fraction of sp³-hybridized carbons (Fsp3) is 0.300. The number of rotatable bonds is 8. The molecule has 12 heteroatoms. The Morgan fingerprint density at radius 2 is 1.69 bits per heavy atom. The van der Waals surface area contributed by atoms with Crippen molar-refractivity contribution in [2.24, 2.45) is 0 Å². The highest BCUT2D eigenvalue weighted by Gasteiger charge is 2.30. The highest BCUT2D eigenvalue weighted by atomic mass is 32.2. The third-order valence-corrected chi connectivity index (χ3v) is 5.95. The lowest BCUT2D eigenvalue weighted by Gasteiger charge is -2.18. The molecule has 3 aromatic rings. The van der Waals surface area contributed by atoms with Gasteiger partial charge in [-0.1, -0.05) is 24.3 Å². The van der Waals surface area contributed by atoms with Crippen LogP contribution in [0, 0.1) is 0 Å². The number of H-pyrrole nitrogens is 1. The number of aromatic nitrogens is 1. The molecule has 0 amide bonds. The van der Waals surface area contributed by atoms with E-state index >= 15 is 0 Å². The third kappa shape index (κ3) is 6.02. The topological polar surface area (TPSA) is 105 Å². The molecule has 3 rings (SSSR count). The molecule has 0 aliphatic rings. The second-order valence-corrected chi connectivity index (χ2v) is 10.7. The molecule has 174 valence electrons. The number of hydrogen-bond acceptors (Lipinski definition) is 5. The van der Waals surface area contributed by atoms with Gasteiger partial charge in [0.15, 0.2) is 0 Å². The summed E-state index contributed by atoms with van der Waals surface area (Å²) in [6.45, 7) is -0.182. The second-order valence-electron chi connectivity index (χ2n) is 7.33. The number of benzene rings is 2. The summed E-state index contributed by atoms with van der Waals surface area (Å²) >= 11 is 0. The zero-order chi connectivity index (χ0) is 23.7. The Morgan fingerprint density at radius 3 is 2.25 bits per heavy atom. The van der Waals surface area contributed by atoms with Gasteiger partial charge in [-0.15, -0.1) is 0 Å². The summed E-state index contributed by atoms with van der Waals surface area (Å²) in [6.07, 6.45) is -0.769. The Hall–Kier alpha value is -2.57. The maximum absolute atomic E-state index is 13.0. The third-order valence-electron chi connectivity index (χ3n) is 4.76. The van der Waals surface area contributed by atoms with Crippen molar-refractivity contribution < 1.29 is 34.2 Å². The lowest BCUT2D eigenvalue weighted by atomic mass is 9.88. The van der Waals surface area contributed by atoms with E-state index in [1.807, 2.05) is 0 Å². The van der Waals surface area contributed by atoms with Gasteiger partial charge in [-0.2, -0.15) is 21.6 Å². The quantitative estimate of drug-likeness (QED) is 0.464. The minimum atomic E-state index is -4.49. The Kier molecular flexibility index (Phi) is 6.59. The van der Waals surface area contributed by atoms with Crippen LogP contribution in [0.25, 0.3) is 10.9 Å². The Morgan fingerprint density at radius 1 is 1.03 bits per heavy atom. The highest BCUT2D eigenvalue weighted by molar-refractivity contribution is 7.92. The zero-order valence-electron chi connectivity index (χ0n) is 17.1. The molecule has 7 nitrogen and oxygen atoms in total. The van der Waals surface area contributed by atoms with Gasteiger partial charge in [0, 0.05) is 17.5 Å². The van der Waals surface area contributed by atoms with E-state index < -0.39 is 37.8 Å². The summed E-state index contributed by atoms with van der Waals surface area (Å²) in [4.78, 5) is 3.01. The molecule has 1 unspecified atom stereocenters. The van der Waals surface area contributed by atoms with E-state index in [2.05, 4.69) is 9.71 Å². The monoisotopic (exact) mass is 490 g/mol. The number of halogens is 3. The average molecular weight is 491 g/mol. The van der Waals surface area contributed by atoms with Crippen molar-refractivity contribution in [3.05, 3.63) is 65.4 Å². The van der Waals surface area contributed by atoms with Crippen molar-refractivity contribution in [3.63, 3.8) is 0 Å². The lowest BCUT2D eigenvalue weighted by molar-refractivity contribution is -0.137. The van der Waals surface area contributed by atoms with Gasteiger partial charge < -0.3 is 4.98 Å². The first-order valence-corrected chi connectivity index (χ1v) is 13.0. The number of alkyl halides is 3. The number of hydrogen-bond donors (Lipinski definition) is 2. The number of nitrogens with one attached hydrogen (secondary N) is 2. The first kappa shape index (κ1) is 24.1. The Labute approximate surface area is 183 Å². The molecule has 32 heavy (non-hydrogen) atoms. The van der Waals surface area contributed by atoms with Crippen molar-refractivity contribution in [1.82, 2.24) is 4.98 Å². The van der Waals surface area contributed by atoms with Gasteiger partial charge in [-0.3, -0.25) is 8.91 Å². The van der Waals surface area contributed by atoms with Crippen LogP contribution >= 0.6 is 0 Å². The van der Waals surface area contributed by atoms with Crippen LogP contribution in [0.15, 0.2) is 48.7 Å². The number of anilines is 1. The molecule has 0 spiro atoms. The van der Waals surface area contributed by atoms with E-state index in [0.29, 0.717) is 27.7 Å². The normalized spacial score (nSPS) is 13.9. The van der Waals surface area contributed by atoms with Crippen LogP contribution in [-0.4, -0.2) is 40.9 Å². The molecule has 2 aromatic carbocycles. The maximum atomic E-state index is 13.0. The molecule has 0 saturated heterocycles. The molecule has 1 heterocycles. The largest absolute Gasteiger partial charge is 0.416 e. The van der Waals surface area contributed by atoms with E-state index in [4.69, 9.17) is 4.18 Å². The van der Waals surface area contributed by atoms with E-state index in [9.17, 15) is 30.0 Å². The molecule has 1 atom stereocenters. The maximum Gasteiger partial charge on any atom is 0.416 e. The van der Waals surface area contributed by atoms with Gasteiger partial charge in [0.05, 0.1) is 35.9 Å². The minimum Gasteiger partial charge on any atom is -0.359 e. The molecule has 0 saturated carbocycles.